The number of rotatable bonds is 6. The van der Waals surface area contributed by atoms with Gasteiger partial charge in [-0.3, -0.25) is 0 Å². The van der Waals surface area contributed by atoms with E-state index in [-0.39, 0.29) is 11.6 Å². The molecule has 0 aromatic heterocycles. The second kappa shape index (κ2) is 6.55. The van der Waals surface area contributed by atoms with Gasteiger partial charge in [0.2, 0.25) is 0 Å². The molecule has 1 aromatic carbocycles. The number of benzene rings is 1. The van der Waals surface area contributed by atoms with Gasteiger partial charge >= 0.3 is 0 Å². The Bertz CT molecular complexity index is 390. The molecule has 0 fully saturated rings. The highest BCUT2D eigenvalue weighted by molar-refractivity contribution is 6.31. The second-order valence-electron chi connectivity index (χ2n) is 5.04. The first-order chi connectivity index (χ1) is 8.42. The van der Waals surface area contributed by atoms with Crippen molar-refractivity contribution >= 4 is 11.6 Å². The molecule has 0 aliphatic heterocycles. The lowest BCUT2D eigenvalue weighted by Gasteiger charge is -2.35. The van der Waals surface area contributed by atoms with Crippen LogP contribution >= 0.6 is 11.6 Å². The zero-order valence-electron chi connectivity index (χ0n) is 12.0. The van der Waals surface area contributed by atoms with Gasteiger partial charge in [0, 0.05) is 11.6 Å². The number of ether oxygens (including phenoxy) is 1. The molecular weight excluding hydrogens is 246 g/mol. The minimum Gasteiger partial charge on any atom is -0.374 e. The van der Waals surface area contributed by atoms with E-state index in [1.54, 1.807) is 0 Å². The highest BCUT2D eigenvalue weighted by Crippen LogP contribution is 2.31. The molecule has 1 rings (SSSR count). The summed E-state index contributed by atoms with van der Waals surface area (Å²) >= 11 is 6.22. The summed E-state index contributed by atoms with van der Waals surface area (Å²) < 4.78 is 5.86. The molecule has 0 aliphatic carbocycles. The van der Waals surface area contributed by atoms with Crippen molar-refractivity contribution in [3.63, 3.8) is 0 Å². The van der Waals surface area contributed by atoms with Gasteiger partial charge in [-0.2, -0.15) is 0 Å². The molecule has 0 saturated heterocycles. The van der Waals surface area contributed by atoms with Crippen molar-refractivity contribution in [2.45, 2.75) is 46.3 Å². The Hall–Kier alpha value is -0.570. The fraction of sp³-hybridized carbons (Fsp3) is 0.600. The average molecular weight is 270 g/mol. The van der Waals surface area contributed by atoms with Crippen LogP contribution in [0.4, 0.5) is 0 Å². The van der Waals surface area contributed by atoms with E-state index < -0.39 is 0 Å². The molecule has 0 heterocycles. The summed E-state index contributed by atoms with van der Waals surface area (Å²) in [5, 5.41) is 4.30. The zero-order chi connectivity index (χ0) is 13.8. The molecule has 0 spiro atoms. The normalized spacial score (nSPS) is 13.7. The average Bonchev–Trinajstić information content (AvgIpc) is 2.29. The molecule has 18 heavy (non-hydrogen) atoms. The highest BCUT2D eigenvalue weighted by Gasteiger charge is 2.30. The smallest absolute Gasteiger partial charge is 0.0820 e. The first-order valence-electron chi connectivity index (χ1n) is 6.55. The lowest BCUT2D eigenvalue weighted by molar-refractivity contribution is -0.0388. The molecule has 1 atom stereocenters. The van der Waals surface area contributed by atoms with Gasteiger partial charge in [-0.25, -0.2) is 0 Å². The van der Waals surface area contributed by atoms with Crippen LogP contribution in [0.1, 0.15) is 44.9 Å². The van der Waals surface area contributed by atoms with E-state index in [2.05, 4.69) is 38.2 Å². The predicted molar refractivity (Wildman–Crippen MR) is 78.3 cm³/mol. The predicted octanol–water partition coefficient (Wildman–Crippen LogP) is 4.11. The van der Waals surface area contributed by atoms with Gasteiger partial charge < -0.3 is 10.1 Å². The molecule has 1 N–H and O–H groups in total. The van der Waals surface area contributed by atoms with Crippen LogP contribution in [0.5, 0.6) is 0 Å². The molecule has 0 saturated carbocycles. The van der Waals surface area contributed by atoms with Crippen LogP contribution < -0.4 is 5.32 Å². The summed E-state index contributed by atoms with van der Waals surface area (Å²) in [5.41, 5.74) is 2.01. The first kappa shape index (κ1) is 15.5. The Morgan fingerprint density at radius 1 is 1.33 bits per heavy atom. The van der Waals surface area contributed by atoms with Crippen LogP contribution in [0.2, 0.25) is 5.02 Å². The van der Waals surface area contributed by atoms with Crippen molar-refractivity contribution in [2.24, 2.45) is 0 Å². The van der Waals surface area contributed by atoms with Crippen molar-refractivity contribution < 1.29 is 4.74 Å². The molecule has 3 heteroatoms. The van der Waals surface area contributed by atoms with Crippen molar-refractivity contribution in [1.82, 2.24) is 5.32 Å². The fourth-order valence-electron chi connectivity index (χ4n) is 2.21. The number of aryl methyl sites for hydroxylation is 1. The summed E-state index contributed by atoms with van der Waals surface area (Å²) in [5.74, 6) is 0. The van der Waals surface area contributed by atoms with Crippen molar-refractivity contribution in [1.29, 1.82) is 0 Å². The maximum Gasteiger partial charge on any atom is 0.0820 e. The van der Waals surface area contributed by atoms with E-state index in [0.717, 1.165) is 17.1 Å². The number of nitrogens with one attached hydrogen (secondary N) is 1. The van der Waals surface area contributed by atoms with Crippen LogP contribution in [0.15, 0.2) is 18.2 Å². The SMILES string of the molecule is CCNC(c1ccc(C)c(Cl)c1)C(C)(C)OCC. The van der Waals surface area contributed by atoms with Gasteiger partial charge in [0.25, 0.3) is 0 Å². The Morgan fingerprint density at radius 3 is 2.50 bits per heavy atom. The van der Waals surface area contributed by atoms with Crippen molar-refractivity contribution in [3.05, 3.63) is 34.3 Å². The van der Waals surface area contributed by atoms with Crippen LogP contribution in [0.25, 0.3) is 0 Å². The lowest BCUT2D eigenvalue weighted by atomic mass is 9.91. The van der Waals surface area contributed by atoms with Crippen LogP contribution in [-0.2, 0) is 4.74 Å². The lowest BCUT2D eigenvalue weighted by Crippen LogP contribution is -2.41. The number of likely N-dealkylation sites (N-methyl/N-ethyl adjacent to an activating group) is 1. The Balaban J connectivity index is 3.07. The number of hydrogen-bond acceptors (Lipinski definition) is 2. The third kappa shape index (κ3) is 3.71. The molecule has 1 unspecified atom stereocenters. The minimum absolute atomic E-state index is 0.139. The van der Waals surface area contributed by atoms with Gasteiger partial charge in [0.1, 0.15) is 0 Å². The third-order valence-corrected chi connectivity index (χ3v) is 3.56. The summed E-state index contributed by atoms with van der Waals surface area (Å²) in [6.07, 6.45) is 0. The molecular formula is C15H24ClNO. The van der Waals surface area contributed by atoms with E-state index >= 15 is 0 Å². The molecule has 0 aliphatic rings. The maximum atomic E-state index is 6.22. The topological polar surface area (TPSA) is 21.3 Å². The standard InChI is InChI=1S/C15H24ClNO/c1-6-17-14(15(4,5)18-7-2)12-9-8-11(3)13(16)10-12/h8-10,14,17H,6-7H2,1-5H3. The third-order valence-electron chi connectivity index (χ3n) is 3.15. The molecule has 2 nitrogen and oxygen atoms in total. The zero-order valence-corrected chi connectivity index (χ0v) is 12.8. The van der Waals surface area contributed by atoms with Gasteiger partial charge in [-0.15, -0.1) is 0 Å². The molecule has 0 amide bonds. The number of hydrogen-bond donors (Lipinski definition) is 1. The largest absolute Gasteiger partial charge is 0.374 e. The van der Waals surface area contributed by atoms with E-state index in [0.29, 0.717) is 6.61 Å². The first-order valence-corrected chi connectivity index (χ1v) is 6.93. The van der Waals surface area contributed by atoms with E-state index in [4.69, 9.17) is 16.3 Å². The van der Waals surface area contributed by atoms with Gasteiger partial charge in [0.05, 0.1) is 11.6 Å². The minimum atomic E-state index is -0.261. The Kier molecular flexibility index (Phi) is 5.64. The van der Waals surface area contributed by atoms with E-state index in [1.165, 1.54) is 5.56 Å². The summed E-state index contributed by atoms with van der Waals surface area (Å²) in [4.78, 5) is 0. The second-order valence-corrected chi connectivity index (χ2v) is 5.44. The molecule has 1 aromatic rings. The van der Waals surface area contributed by atoms with Crippen LogP contribution in [0, 0.1) is 6.92 Å². The van der Waals surface area contributed by atoms with E-state index in [9.17, 15) is 0 Å². The van der Waals surface area contributed by atoms with Gasteiger partial charge in [0.15, 0.2) is 0 Å². The fourth-order valence-corrected chi connectivity index (χ4v) is 2.40. The summed E-state index contributed by atoms with van der Waals surface area (Å²) in [7, 11) is 0. The molecule has 0 bridgehead atoms. The van der Waals surface area contributed by atoms with Gasteiger partial charge in [-0.05, 0) is 51.4 Å². The molecule has 102 valence electrons. The van der Waals surface area contributed by atoms with E-state index in [1.807, 2.05) is 19.9 Å². The van der Waals surface area contributed by atoms with Crippen LogP contribution in [-0.4, -0.2) is 18.8 Å². The Morgan fingerprint density at radius 2 is 2.00 bits per heavy atom. The van der Waals surface area contributed by atoms with Gasteiger partial charge in [-0.1, -0.05) is 30.7 Å². The number of halogens is 1. The maximum absolute atomic E-state index is 6.22. The summed E-state index contributed by atoms with van der Waals surface area (Å²) in [6.45, 7) is 12.0. The van der Waals surface area contributed by atoms with Crippen molar-refractivity contribution in [2.75, 3.05) is 13.2 Å². The Labute approximate surface area is 116 Å². The van der Waals surface area contributed by atoms with Crippen molar-refractivity contribution in [3.8, 4) is 0 Å². The van der Waals surface area contributed by atoms with Crippen LogP contribution in [0.3, 0.4) is 0 Å². The summed E-state index contributed by atoms with van der Waals surface area (Å²) in [6, 6.07) is 6.35. The highest BCUT2D eigenvalue weighted by atomic mass is 35.5. The molecule has 0 radical (unpaired) electrons. The monoisotopic (exact) mass is 269 g/mol. The quantitative estimate of drug-likeness (QED) is 0.839.